The van der Waals surface area contributed by atoms with Crippen molar-refractivity contribution in [3.05, 3.63) is 58.6 Å². The number of Topliss-reactive ketones (excluding diaryl/α,β-unsaturated/α-hetero) is 1. The first kappa shape index (κ1) is 18.3. The molecule has 0 amide bonds. The molecule has 2 aliphatic rings. The number of para-hydroxylation sites is 1. The van der Waals surface area contributed by atoms with E-state index < -0.39 is 5.60 Å². The maximum Gasteiger partial charge on any atom is 0.173 e. The Morgan fingerprint density at radius 1 is 1.19 bits per heavy atom. The molecule has 1 N–H and O–H groups in total. The molecule has 2 aromatic carbocycles. The number of carbonyl (C=O) groups is 1. The van der Waals surface area contributed by atoms with Crippen molar-refractivity contribution in [1.82, 2.24) is 4.90 Å². The summed E-state index contributed by atoms with van der Waals surface area (Å²) in [6.07, 6.45) is 1.97. The van der Waals surface area contributed by atoms with Crippen molar-refractivity contribution in [3.63, 3.8) is 0 Å². The Hall–Kier alpha value is -2.11. The number of thiocarbonyl (C=S) groups is 1. The zero-order valence-corrected chi connectivity index (χ0v) is 16.7. The van der Waals surface area contributed by atoms with Gasteiger partial charge in [-0.1, -0.05) is 29.8 Å². The molecule has 0 aromatic heterocycles. The summed E-state index contributed by atoms with van der Waals surface area (Å²) >= 11 is 11.8. The zero-order chi connectivity index (χ0) is 19.0. The largest absolute Gasteiger partial charge is 0.486 e. The maximum absolute atomic E-state index is 12.5. The molecule has 0 aliphatic carbocycles. The smallest absolute Gasteiger partial charge is 0.173 e. The van der Waals surface area contributed by atoms with Gasteiger partial charge in [0.05, 0.1) is 12.0 Å². The van der Waals surface area contributed by atoms with Gasteiger partial charge in [-0.25, -0.2) is 0 Å². The van der Waals surface area contributed by atoms with E-state index >= 15 is 0 Å². The van der Waals surface area contributed by atoms with Crippen molar-refractivity contribution in [2.45, 2.75) is 31.8 Å². The number of nitrogens with one attached hydrogen (secondary N) is 1. The first-order chi connectivity index (χ1) is 13.0. The van der Waals surface area contributed by atoms with Gasteiger partial charge in [-0.2, -0.15) is 0 Å². The Bertz CT molecular complexity index is 907. The molecule has 2 aromatic rings. The van der Waals surface area contributed by atoms with Crippen LogP contribution in [0.5, 0.6) is 5.75 Å². The Kier molecular flexibility index (Phi) is 4.82. The van der Waals surface area contributed by atoms with Crippen LogP contribution in [0.15, 0.2) is 42.5 Å². The van der Waals surface area contributed by atoms with Gasteiger partial charge in [0.1, 0.15) is 11.4 Å². The Balaban J connectivity index is 1.43. The molecule has 1 saturated heterocycles. The molecule has 4 nitrogen and oxygen atoms in total. The monoisotopic (exact) mass is 400 g/mol. The van der Waals surface area contributed by atoms with Gasteiger partial charge in [-0.05, 0) is 49.0 Å². The fraction of sp³-hybridized carbons (Fsp3) is 0.333. The van der Waals surface area contributed by atoms with Crippen LogP contribution >= 0.6 is 23.8 Å². The molecule has 27 heavy (non-hydrogen) atoms. The van der Waals surface area contributed by atoms with Crippen molar-refractivity contribution in [2.24, 2.45) is 0 Å². The molecule has 2 heterocycles. The van der Waals surface area contributed by atoms with Crippen LogP contribution in [0.3, 0.4) is 0 Å². The Morgan fingerprint density at radius 3 is 2.70 bits per heavy atom. The summed E-state index contributed by atoms with van der Waals surface area (Å²) in [6.45, 7) is 3.47. The summed E-state index contributed by atoms with van der Waals surface area (Å²) in [7, 11) is 0. The number of carbonyl (C=O) groups excluding carboxylic acids is 1. The minimum atomic E-state index is -0.413. The second-order valence-electron chi connectivity index (χ2n) is 7.21. The molecule has 1 spiro atoms. The normalized spacial score (nSPS) is 18.0. The number of ketones is 1. The second-order valence-corrected chi connectivity index (χ2v) is 8.00. The van der Waals surface area contributed by atoms with E-state index in [1.807, 2.05) is 49.4 Å². The summed E-state index contributed by atoms with van der Waals surface area (Å²) < 4.78 is 6.28. The summed E-state index contributed by atoms with van der Waals surface area (Å²) in [5.41, 5.74) is 2.18. The van der Waals surface area contributed by atoms with Crippen LogP contribution in [0, 0.1) is 6.92 Å². The van der Waals surface area contributed by atoms with Crippen molar-refractivity contribution < 1.29 is 9.53 Å². The predicted octanol–water partition coefficient (Wildman–Crippen LogP) is 4.85. The number of likely N-dealkylation sites (tertiary alicyclic amines) is 1. The molecule has 0 saturated carbocycles. The lowest BCUT2D eigenvalue weighted by Gasteiger charge is -2.44. The van der Waals surface area contributed by atoms with Gasteiger partial charge in [-0.3, -0.25) is 4.79 Å². The van der Waals surface area contributed by atoms with Gasteiger partial charge in [0.25, 0.3) is 0 Å². The fourth-order valence-electron chi connectivity index (χ4n) is 3.78. The summed E-state index contributed by atoms with van der Waals surface area (Å²) in [5, 5.41) is 4.70. The highest BCUT2D eigenvalue weighted by atomic mass is 35.5. The number of halogens is 1. The van der Waals surface area contributed by atoms with Crippen molar-refractivity contribution in [3.8, 4) is 5.75 Å². The number of piperidine rings is 1. The van der Waals surface area contributed by atoms with Gasteiger partial charge in [-0.15, -0.1) is 0 Å². The highest BCUT2D eigenvalue weighted by molar-refractivity contribution is 7.80. The van der Waals surface area contributed by atoms with Crippen LogP contribution in [0.2, 0.25) is 5.02 Å². The average molecular weight is 401 g/mol. The number of rotatable bonds is 1. The van der Waals surface area contributed by atoms with E-state index in [1.54, 1.807) is 0 Å². The van der Waals surface area contributed by atoms with E-state index in [2.05, 4.69) is 10.2 Å². The molecule has 6 heteroatoms. The summed E-state index contributed by atoms with van der Waals surface area (Å²) in [4.78, 5) is 14.7. The van der Waals surface area contributed by atoms with Gasteiger partial charge in [0.2, 0.25) is 0 Å². The second kappa shape index (κ2) is 7.13. The molecule has 140 valence electrons. The lowest BCUT2D eigenvalue weighted by atomic mass is 9.82. The first-order valence-electron chi connectivity index (χ1n) is 9.10. The predicted molar refractivity (Wildman–Crippen MR) is 112 cm³/mol. The molecule has 0 atom stereocenters. The molecule has 0 unspecified atom stereocenters. The number of hydrogen-bond acceptors (Lipinski definition) is 3. The van der Waals surface area contributed by atoms with Crippen LogP contribution in [0.4, 0.5) is 5.69 Å². The van der Waals surface area contributed by atoms with Crippen LogP contribution < -0.4 is 10.1 Å². The van der Waals surface area contributed by atoms with Crippen LogP contribution in [0.1, 0.15) is 35.2 Å². The number of nitrogens with zero attached hydrogens (tertiary/aromatic N) is 1. The average Bonchev–Trinajstić information content (AvgIpc) is 2.66. The van der Waals surface area contributed by atoms with Crippen molar-refractivity contribution in [1.29, 1.82) is 0 Å². The van der Waals surface area contributed by atoms with Gasteiger partial charge in [0.15, 0.2) is 10.9 Å². The molecular weight excluding hydrogens is 380 g/mol. The molecular formula is C21H21ClN2O2S. The van der Waals surface area contributed by atoms with E-state index in [9.17, 15) is 4.79 Å². The van der Waals surface area contributed by atoms with Gasteiger partial charge >= 0.3 is 0 Å². The van der Waals surface area contributed by atoms with E-state index in [0.29, 0.717) is 27.9 Å². The maximum atomic E-state index is 12.5. The number of anilines is 1. The quantitative estimate of drug-likeness (QED) is 0.693. The third-order valence-corrected chi connectivity index (χ3v) is 6.24. The Labute approximate surface area is 169 Å². The molecule has 4 rings (SSSR count). The SMILES string of the molecule is Cc1c(Cl)cccc1NC(=S)N1CCC2(CC1)CC(=O)c1ccccc1O2. The van der Waals surface area contributed by atoms with Gasteiger partial charge < -0.3 is 15.0 Å². The van der Waals surface area contributed by atoms with Crippen molar-refractivity contribution >= 4 is 40.4 Å². The number of benzene rings is 2. The highest BCUT2D eigenvalue weighted by Gasteiger charge is 2.43. The Morgan fingerprint density at radius 2 is 1.93 bits per heavy atom. The summed E-state index contributed by atoms with van der Waals surface area (Å²) in [5.74, 6) is 0.873. The number of hydrogen-bond donors (Lipinski definition) is 1. The van der Waals surface area contributed by atoms with E-state index in [0.717, 1.165) is 37.2 Å². The standard InChI is InChI=1S/C21H21ClN2O2S/c1-14-16(22)6-4-7-17(14)23-20(27)24-11-9-21(10-12-24)13-18(25)15-5-2-3-8-19(15)26-21/h2-8H,9-13H2,1H3,(H,23,27). The molecule has 0 bridgehead atoms. The van der Waals surface area contributed by atoms with Gasteiger partial charge in [0, 0.05) is 36.6 Å². The lowest BCUT2D eigenvalue weighted by Crippen LogP contribution is -2.53. The van der Waals surface area contributed by atoms with Crippen molar-refractivity contribution in [2.75, 3.05) is 18.4 Å². The lowest BCUT2D eigenvalue weighted by molar-refractivity contribution is 0.00407. The first-order valence-corrected chi connectivity index (χ1v) is 9.88. The molecule has 1 fully saturated rings. The van der Waals surface area contributed by atoms with Crippen LogP contribution in [-0.4, -0.2) is 34.5 Å². The highest BCUT2D eigenvalue weighted by Crippen LogP contribution is 2.39. The fourth-order valence-corrected chi connectivity index (χ4v) is 4.24. The third kappa shape index (κ3) is 3.54. The summed E-state index contributed by atoms with van der Waals surface area (Å²) in [6, 6.07) is 13.3. The van der Waals surface area contributed by atoms with Crippen LogP contribution in [0.25, 0.3) is 0 Å². The van der Waals surface area contributed by atoms with E-state index in [1.165, 1.54) is 0 Å². The minimum Gasteiger partial charge on any atom is -0.486 e. The zero-order valence-electron chi connectivity index (χ0n) is 15.1. The minimum absolute atomic E-state index is 0.167. The molecule has 0 radical (unpaired) electrons. The van der Waals surface area contributed by atoms with Crippen LogP contribution in [-0.2, 0) is 0 Å². The third-order valence-electron chi connectivity index (χ3n) is 5.47. The molecule has 2 aliphatic heterocycles. The topological polar surface area (TPSA) is 41.6 Å². The van der Waals surface area contributed by atoms with E-state index in [4.69, 9.17) is 28.6 Å². The number of fused-ring (bicyclic) bond motifs is 1. The van der Waals surface area contributed by atoms with E-state index in [-0.39, 0.29) is 5.78 Å². The number of ether oxygens (including phenoxy) is 1.